The van der Waals surface area contributed by atoms with Gasteiger partial charge in [0.25, 0.3) is 5.91 Å². The van der Waals surface area contributed by atoms with Gasteiger partial charge in [0, 0.05) is 44.5 Å². The van der Waals surface area contributed by atoms with Crippen LogP contribution in [0.4, 0.5) is 5.69 Å². The van der Waals surface area contributed by atoms with Gasteiger partial charge >= 0.3 is 0 Å². The molecule has 122 valence electrons. The zero-order valence-electron chi connectivity index (χ0n) is 14.1. The summed E-state index contributed by atoms with van der Waals surface area (Å²) in [6.45, 7) is 1.63. The fourth-order valence-electron chi connectivity index (χ4n) is 3.06. The first-order valence-corrected chi connectivity index (χ1v) is 8.34. The van der Waals surface area contributed by atoms with E-state index in [-0.39, 0.29) is 5.91 Å². The summed E-state index contributed by atoms with van der Waals surface area (Å²) in [7, 11) is 6.17. The van der Waals surface area contributed by atoms with Gasteiger partial charge in [0.2, 0.25) is 0 Å². The second kappa shape index (κ2) is 8.18. The van der Waals surface area contributed by atoms with Crippen molar-refractivity contribution in [2.24, 2.45) is 0 Å². The second-order valence-electron chi connectivity index (χ2n) is 6.47. The van der Waals surface area contributed by atoms with Crippen LogP contribution in [0.2, 0.25) is 0 Å². The molecule has 0 atom stereocenters. The van der Waals surface area contributed by atoms with E-state index in [2.05, 4.69) is 17.3 Å². The minimum atomic E-state index is 0.0161. The molecule has 0 heterocycles. The molecule has 0 spiro atoms. The number of nitrogens with zero attached hydrogens (tertiary/aromatic N) is 2. The molecule has 4 nitrogen and oxygen atoms in total. The smallest absolute Gasteiger partial charge is 0.251 e. The minimum Gasteiger partial charge on any atom is -0.378 e. The Morgan fingerprint density at radius 2 is 1.73 bits per heavy atom. The van der Waals surface area contributed by atoms with Gasteiger partial charge in [-0.15, -0.1) is 0 Å². The summed E-state index contributed by atoms with van der Waals surface area (Å²) in [4.78, 5) is 16.6. The van der Waals surface area contributed by atoms with E-state index >= 15 is 0 Å². The SMILES string of the molecule is CN(C)c1ccc(C(=O)NCCN(C)C2CCCCC2)cc1. The van der Waals surface area contributed by atoms with Crippen molar-refractivity contribution in [3.8, 4) is 0 Å². The molecule has 1 saturated carbocycles. The molecule has 4 heteroatoms. The van der Waals surface area contributed by atoms with Crippen molar-refractivity contribution in [1.29, 1.82) is 0 Å². The van der Waals surface area contributed by atoms with Crippen LogP contribution in [0.25, 0.3) is 0 Å². The molecule has 1 N–H and O–H groups in total. The summed E-state index contributed by atoms with van der Waals surface area (Å²) in [5.41, 5.74) is 1.83. The Hall–Kier alpha value is -1.55. The van der Waals surface area contributed by atoms with Crippen LogP contribution in [0.5, 0.6) is 0 Å². The number of hydrogen-bond acceptors (Lipinski definition) is 3. The number of carbonyl (C=O) groups excluding carboxylic acids is 1. The van der Waals surface area contributed by atoms with Gasteiger partial charge < -0.3 is 15.1 Å². The molecule has 0 unspecified atom stereocenters. The van der Waals surface area contributed by atoms with Gasteiger partial charge in [-0.1, -0.05) is 19.3 Å². The highest BCUT2D eigenvalue weighted by atomic mass is 16.1. The highest BCUT2D eigenvalue weighted by Gasteiger charge is 2.17. The van der Waals surface area contributed by atoms with Crippen molar-refractivity contribution in [1.82, 2.24) is 10.2 Å². The summed E-state index contributed by atoms with van der Waals surface area (Å²) < 4.78 is 0. The number of amides is 1. The summed E-state index contributed by atoms with van der Waals surface area (Å²) in [5, 5.41) is 3.02. The van der Waals surface area contributed by atoms with Crippen molar-refractivity contribution < 1.29 is 4.79 Å². The lowest BCUT2D eigenvalue weighted by Gasteiger charge is -2.31. The van der Waals surface area contributed by atoms with Crippen molar-refractivity contribution in [2.45, 2.75) is 38.1 Å². The monoisotopic (exact) mass is 303 g/mol. The van der Waals surface area contributed by atoms with E-state index in [1.807, 2.05) is 43.3 Å². The summed E-state index contributed by atoms with van der Waals surface area (Å²) in [5.74, 6) is 0.0161. The van der Waals surface area contributed by atoms with Crippen LogP contribution in [-0.2, 0) is 0 Å². The molecule has 1 aliphatic carbocycles. The molecule has 0 bridgehead atoms. The van der Waals surface area contributed by atoms with Crippen LogP contribution in [0.1, 0.15) is 42.5 Å². The first kappa shape index (κ1) is 16.8. The molecule has 0 aromatic heterocycles. The van der Waals surface area contributed by atoms with Crippen LogP contribution < -0.4 is 10.2 Å². The van der Waals surface area contributed by atoms with Gasteiger partial charge in [0.15, 0.2) is 0 Å². The highest BCUT2D eigenvalue weighted by Crippen LogP contribution is 2.21. The van der Waals surface area contributed by atoms with Gasteiger partial charge in [0.1, 0.15) is 0 Å². The van der Waals surface area contributed by atoms with E-state index in [4.69, 9.17) is 0 Å². The van der Waals surface area contributed by atoms with Crippen LogP contribution in [0.3, 0.4) is 0 Å². The van der Waals surface area contributed by atoms with E-state index in [1.54, 1.807) is 0 Å². The number of likely N-dealkylation sites (N-methyl/N-ethyl adjacent to an activating group) is 1. The molecule has 1 amide bonds. The lowest BCUT2D eigenvalue weighted by molar-refractivity contribution is 0.0944. The van der Waals surface area contributed by atoms with E-state index in [0.29, 0.717) is 12.6 Å². The lowest BCUT2D eigenvalue weighted by atomic mass is 9.94. The maximum atomic E-state index is 12.1. The van der Waals surface area contributed by atoms with E-state index < -0.39 is 0 Å². The topological polar surface area (TPSA) is 35.6 Å². The quantitative estimate of drug-likeness (QED) is 0.878. The average Bonchev–Trinajstić information content (AvgIpc) is 2.55. The van der Waals surface area contributed by atoms with Crippen molar-refractivity contribution >= 4 is 11.6 Å². The van der Waals surface area contributed by atoms with Gasteiger partial charge in [0.05, 0.1) is 0 Å². The Kier molecular flexibility index (Phi) is 6.25. The van der Waals surface area contributed by atoms with Crippen molar-refractivity contribution in [3.05, 3.63) is 29.8 Å². The zero-order valence-corrected chi connectivity index (χ0v) is 14.1. The van der Waals surface area contributed by atoms with Gasteiger partial charge in [-0.25, -0.2) is 0 Å². The molecule has 0 saturated heterocycles. The normalized spacial score (nSPS) is 15.8. The second-order valence-corrected chi connectivity index (χ2v) is 6.47. The molecule has 2 rings (SSSR count). The Labute approximate surface area is 134 Å². The van der Waals surface area contributed by atoms with E-state index in [0.717, 1.165) is 17.8 Å². The third-order valence-corrected chi connectivity index (χ3v) is 4.59. The van der Waals surface area contributed by atoms with E-state index in [1.165, 1.54) is 32.1 Å². The van der Waals surface area contributed by atoms with Crippen LogP contribution >= 0.6 is 0 Å². The highest BCUT2D eigenvalue weighted by molar-refractivity contribution is 5.94. The maximum Gasteiger partial charge on any atom is 0.251 e. The molecular formula is C18H29N3O. The molecule has 0 aliphatic heterocycles. The first-order chi connectivity index (χ1) is 10.6. The number of carbonyl (C=O) groups is 1. The van der Waals surface area contributed by atoms with Crippen LogP contribution in [0, 0.1) is 0 Å². The number of rotatable bonds is 6. The fourth-order valence-corrected chi connectivity index (χ4v) is 3.06. The summed E-state index contributed by atoms with van der Waals surface area (Å²) in [6, 6.07) is 8.42. The first-order valence-electron chi connectivity index (χ1n) is 8.34. The molecule has 1 aliphatic rings. The van der Waals surface area contributed by atoms with Gasteiger partial charge in [-0.3, -0.25) is 4.79 Å². The molecule has 22 heavy (non-hydrogen) atoms. The Bertz CT molecular complexity index is 464. The van der Waals surface area contributed by atoms with Crippen LogP contribution in [0.15, 0.2) is 24.3 Å². The largest absolute Gasteiger partial charge is 0.378 e. The molecule has 1 aromatic rings. The molecule has 1 aromatic carbocycles. The number of hydrogen-bond donors (Lipinski definition) is 1. The van der Waals surface area contributed by atoms with Crippen molar-refractivity contribution in [2.75, 3.05) is 39.1 Å². The third-order valence-electron chi connectivity index (χ3n) is 4.59. The molecule has 0 radical (unpaired) electrons. The van der Waals surface area contributed by atoms with Crippen molar-refractivity contribution in [3.63, 3.8) is 0 Å². The number of anilines is 1. The lowest BCUT2D eigenvalue weighted by Crippen LogP contribution is -2.39. The summed E-state index contributed by atoms with van der Waals surface area (Å²) >= 11 is 0. The molecule has 1 fully saturated rings. The Morgan fingerprint density at radius 1 is 1.09 bits per heavy atom. The Morgan fingerprint density at radius 3 is 2.32 bits per heavy atom. The standard InChI is InChI=1S/C18H29N3O/c1-20(2)16-11-9-15(10-12-16)18(22)19-13-14-21(3)17-7-5-4-6-8-17/h9-12,17H,4-8,13-14H2,1-3H3,(H,19,22). The predicted molar refractivity (Wildman–Crippen MR) is 92.6 cm³/mol. The predicted octanol–water partition coefficient (Wildman–Crippen LogP) is 2.75. The average molecular weight is 303 g/mol. The number of nitrogens with one attached hydrogen (secondary N) is 1. The van der Waals surface area contributed by atoms with E-state index in [9.17, 15) is 4.79 Å². The zero-order chi connectivity index (χ0) is 15.9. The summed E-state index contributed by atoms with van der Waals surface area (Å²) in [6.07, 6.45) is 6.68. The number of benzene rings is 1. The van der Waals surface area contributed by atoms with Gasteiger partial charge in [-0.2, -0.15) is 0 Å². The maximum absolute atomic E-state index is 12.1. The Balaban J connectivity index is 1.75. The van der Waals surface area contributed by atoms with Crippen LogP contribution in [-0.4, -0.2) is 51.1 Å². The minimum absolute atomic E-state index is 0.0161. The molecular weight excluding hydrogens is 274 g/mol. The third kappa shape index (κ3) is 4.73. The van der Waals surface area contributed by atoms with Gasteiger partial charge in [-0.05, 0) is 44.2 Å². The fraction of sp³-hybridized carbons (Fsp3) is 0.611.